The fourth-order valence-electron chi connectivity index (χ4n) is 1.89. The van der Waals surface area contributed by atoms with Gasteiger partial charge in [0.05, 0.1) is 14.2 Å². The summed E-state index contributed by atoms with van der Waals surface area (Å²) < 4.78 is 12.2. The Morgan fingerprint density at radius 1 is 1.22 bits per heavy atom. The number of benzene rings is 1. The van der Waals surface area contributed by atoms with E-state index >= 15 is 0 Å². The number of nitrogen functional groups attached to an aromatic ring is 1. The fourth-order valence-corrected chi connectivity index (χ4v) is 1.89. The number of hydrogen-bond donors (Lipinski definition) is 1. The van der Waals surface area contributed by atoms with Crippen molar-refractivity contribution in [3.05, 3.63) is 23.8 Å². The van der Waals surface area contributed by atoms with E-state index < -0.39 is 0 Å². The molecule has 1 aromatic heterocycles. The largest absolute Gasteiger partial charge is 0.497 e. The van der Waals surface area contributed by atoms with Gasteiger partial charge in [-0.1, -0.05) is 0 Å². The van der Waals surface area contributed by atoms with E-state index in [1.807, 2.05) is 32.2 Å². The van der Waals surface area contributed by atoms with Crippen LogP contribution in [-0.2, 0) is 7.05 Å². The third kappa shape index (κ3) is 1.88. The molecule has 0 spiro atoms. The highest BCUT2D eigenvalue weighted by Gasteiger charge is 2.15. The summed E-state index contributed by atoms with van der Waals surface area (Å²) in [4.78, 5) is 0. The predicted octanol–water partition coefficient (Wildman–Crippen LogP) is 1.99. The molecule has 2 aromatic rings. The van der Waals surface area contributed by atoms with Gasteiger partial charge in [-0.15, -0.1) is 0 Å². The van der Waals surface area contributed by atoms with Crippen LogP contribution < -0.4 is 15.2 Å². The minimum Gasteiger partial charge on any atom is -0.497 e. The summed E-state index contributed by atoms with van der Waals surface area (Å²) in [5, 5.41) is 4.41. The molecule has 1 aromatic carbocycles. The molecule has 0 saturated carbocycles. The number of rotatable bonds is 3. The van der Waals surface area contributed by atoms with Gasteiger partial charge in [0.1, 0.15) is 23.0 Å². The molecular weight excluding hydrogens is 230 g/mol. The van der Waals surface area contributed by atoms with Crippen molar-refractivity contribution in [1.29, 1.82) is 0 Å². The molecule has 5 heteroatoms. The lowest BCUT2D eigenvalue weighted by Crippen LogP contribution is -1.97. The van der Waals surface area contributed by atoms with E-state index in [0.717, 1.165) is 28.3 Å². The highest BCUT2D eigenvalue weighted by molar-refractivity contribution is 5.74. The second-order valence-electron chi connectivity index (χ2n) is 4.05. The number of aryl methyl sites for hydroxylation is 1. The molecule has 1 heterocycles. The van der Waals surface area contributed by atoms with Crippen LogP contribution in [-0.4, -0.2) is 24.0 Å². The van der Waals surface area contributed by atoms with Crippen LogP contribution in [0.2, 0.25) is 0 Å². The lowest BCUT2D eigenvalue weighted by atomic mass is 10.1. The minimum absolute atomic E-state index is 0.655. The van der Waals surface area contributed by atoms with Crippen molar-refractivity contribution in [3.63, 3.8) is 0 Å². The van der Waals surface area contributed by atoms with Crippen LogP contribution in [0.1, 0.15) is 5.56 Å². The maximum Gasteiger partial charge on any atom is 0.132 e. The molecule has 0 unspecified atom stereocenters. The Morgan fingerprint density at radius 3 is 2.44 bits per heavy atom. The molecule has 0 radical (unpaired) electrons. The molecule has 0 bridgehead atoms. The molecule has 18 heavy (non-hydrogen) atoms. The summed E-state index contributed by atoms with van der Waals surface area (Å²) in [5.41, 5.74) is 8.60. The van der Waals surface area contributed by atoms with Crippen molar-refractivity contribution in [3.8, 4) is 22.8 Å². The first-order valence-corrected chi connectivity index (χ1v) is 5.60. The van der Waals surface area contributed by atoms with Gasteiger partial charge in [0.25, 0.3) is 0 Å². The van der Waals surface area contributed by atoms with Gasteiger partial charge in [-0.3, -0.25) is 4.68 Å². The minimum atomic E-state index is 0.655. The third-order valence-corrected chi connectivity index (χ3v) is 3.00. The van der Waals surface area contributed by atoms with Crippen LogP contribution in [0.5, 0.6) is 11.5 Å². The summed E-state index contributed by atoms with van der Waals surface area (Å²) in [5.74, 6) is 2.12. The Morgan fingerprint density at radius 2 is 1.94 bits per heavy atom. The molecular formula is C13H17N3O2. The molecule has 96 valence electrons. The maximum absolute atomic E-state index is 5.92. The van der Waals surface area contributed by atoms with Crippen molar-refractivity contribution in [2.45, 2.75) is 6.92 Å². The molecule has 0 saturated heterocycles. The van der Waals surface area contributed by atoms with Crippen molar-refractivity contribution in [2.75, 3.05) is 20.0 Å². The first-order valence-electron chi connectivity index (χ1n) is 5.60. The summed E-state index contributed by atoms with van der Waals surface area (Å²) in [7, 11) is 5.07. The number of methoxy groups -OCH3 is 2. The van der Waals surface area contributed by atoms with Crippen LogP contribution in [0, 0.1) is 6.92 Å². The lowest BCUT2D eigenvalue weighted by Gasteiger charge is -2.09. The standard InChI is InChI=1S/C13H17N3O2/c1-8-12(15-16(2)13(8)14)10-6-5-9(17-3)7-11(10)18-4/h5-7H,14H2,1-4H3. The average Bonchev–Trinajstić information content (AvgIpc) is 2.65. The number of aromatic nitrogens is 2. The van der Waals surface area contributed by atoms with E-state index in [9.17, 15) is 0 Å². The van der Waals surface area contributed by atoms with Gasteiger partial charge >= 0.3 is 0 Å². The Bertz CT molecular complexity index is 576. The zero-order valence-electron chi connectivity index (χ0n) is 11.0. The summed E-state index contributed by atoms with van der Waals surface area (Å²) in [6.45, 7) is 1.95. The highest BCUT2D eigenvalue weighted by Crippen LogP contribution is 2.35. The van der Waals surface area contributed by atoms with Crippen molar-refractivity contribution >= 4 is 5.82 Å². The average molecular weight is 247 g/mol. The Kier molecular flexibility index (Phi) is 3.14. The zero-order valence-corrected chi connectivity index (χ0v) is 11.0. The van der Waals surface area contributed by atoms with Crippen LogP contribution in [0.3, 0.4) is 0 Å². The second-order valence-corrected chi connectivity index (χ2v) is 4.05. The second kappa shape index (κ2) is 4.60. The molecule has 2 N–H and O–H groups in total. The molecule has 5 nitrogen and oxygen atoms in total. The van der Waals surface area contributed by atoms with Gasteiger partial charge in [-0.25, -0.2) is 0 Å². The molecule has 0 aliphatic heterocycles. The smallest absolute Gasteiger partial charge is 0.132 e. The molecule has 0 amide bonds. The van der Waals surface area contributed by atoms with E-state index in [-0.39, 0.29) is 0 Å². The van der Waals surface area contributed by atoms with E-state index in [1.54, 1.807) is 18.9 Å². The van der Waals surface area contributed by atoms with Crippen LogP contribution >= 0.6 is 0 Å². The molecule has 0 fully saturated rings. The first kappa shape index (κ1) is 12.3. The highest BCUT2D eigenvalue weighted by atomic mass is 16.5. The quantitative estimate of drug-likeness (QED) is 0.901. The summed E-state index contributed by atoms with van der Waals surface area (Å²) >= 11 is 0. The number of nitrogens with two attached hydrogens (primary N) is 1. The SMILES string of the molecule is COc1ccc(-c2nn(C)c(N)c2C)c(OC)c1. The number of anilines is 1. The monoisotopic (exact) mass is 247 g/mol. The van der Waals surface area contributed by atoms with Gasteiger partial charge in [-0.05, 0) is 19.1 Å². The fraction of sp³-hybridized carbons (Fsp3) is 0.308. The van der Waals surface area contributed by atoms with Gasteiger partial charge in [0.15, 0.2) is 0 Å². The van der Waals surface area contributed by atoms with Gasteiger partial charge in [0.2, 0.25) is 0 Å². The van der Waals surface area contributed by atoms with Gasteiger partial charge < -0.3 is 15.2 Å². The van der Waals surface area contributed by atoms with Crippen LogP contribution in [0.25, 0.3) is 11.3 Å². The Labute approximate surface area is 106 Å². The van der Waals surface area contributed by atoms with E-state index in [0.29, 0.717) is 5.82 Å². The summed E-state index contributed by atoms with van der Waals surface area (Å²) in [6, 6.07) is 5.63. The number of hydrogen-bond acceptors (Lipinski definition) is 4. The number of ether oxygens (including phenoxy) is 2. The zero-order chi connectivity index (χ0) is 13.3. The molecule has 2 rings (SSSR count). The van der Waals surface area contributed by atoms with Gasteiger partial charge in [0, 0.05) is 24.2 Å². The normalized spacial score (nSPS) is 10.4. The van der Waals surface area contributed by atoms with E-state index in [4.69, 9.17) is 15.2 Å². The van der Waals surface area contributed by atoms with Crippen molar-refractivity contribution in [2.24, 2.45) is 7.05 Å². The Balaban J connectivity index is 2.59. The number of nitrogens with zero attached hydrogens (tertiary/aromatic N) is 2. The maximum atomic E-state index is 5.92. The first-order chi connectivity index (χ1) is 8.58. The lowest BCUT2D eigenvalue weighted by molar-refractivity contribution is 0.395. The van der Waals surface area contributed by atoms with Gasteiger partial charge in [-0.2, -0.15) is 5.10 Å². The van der Waals surface area contributed by atoms with Crippen LogP contribution in [0.15, 0.2) is 18.2 Å². The molecule has 0 aliphatic rings. The van der Waals surface area contributed by atoms with E-state index in [1.165, 1.54) is 0 Å². The predicted molar refractivity (Wildman–Crippen MR) is 70.9 cm³/mol. The topological polar surface area (TPSA) is 62.3 Å². The third-order valence-electron chi connectivity index (χ3n) is 3.00. The Hall–Kier alpha value is -2.17. The van der Waals surface area contributed by atoms with Crippen molar-refractivity contribution in [1.82, 2.24) is 9.78 Å². The van der Waals surface area contributed by atoms with Crippen molar-refractivity contribution < 1.29 is 9.47 Å². The molecule has 0 atom stereocenters. The summed E-state index contributed by atoms with van der Waals surface area (Å²) in [6.07, 6.45) is 0. The van der Waals surface area contributed by atoms with Crippen LogP contribution in [0.4, 0.5) is 5.82 Å². The van der Waals surface area contributed by atoms with E-state index in [2.05, 4.69) is 5.10 Å². The molecule has 0 aliphatic carbocycles.